The number of rotatable bonds is 1. The van der Waals surface area contributed by atoms with Crippen molar-refractivity contribution in [3.05, 3.63) is 17.5 Å². The molecule has 60 valence electrons. The molecule has 1 rings (SSSR count). The first-order valence-corrected chi connectivity index (χ1v) is 3.57. The zero-order valence-electron chi connectivity index (χ0n) is 6.37. The number of carbonyl (C=O) groups is 1. The van der Waals surface area contributed by atoms with Crippen molar-refractivity contribution in [2.24, 2.45) is 0 Å². The van der Waals surface area contributed by atoms with Gasteiger partial charge in [0.25, 0.3) is 0 Å². The first-order chi connectivity index (χ1) is 5.15. The molecule has 0 radical (unpaired) electrons. The van der Waals surface area contributed by atoms with Gasteiger partial charge in [-0.15, -0.1) is 0 Å². The van der Waals surface area contributed by atoms with Crippen LogP contribution in [0.25, 0.3) is 0 Å². The fourth-order valence-electron chi connectivity index (χ4n) is 0.692. The minimum absolute atomic E-state index is 0.333. The van der Waals surface area contributed by atoms with Gasteiger partial charge in [0, 0.05) is 5.69 Å². The number of nitrogens with zero attached hydrogens (tertiary/aromatic N) is 2. The monoisotopic (exact) mass is 172 g/mol. The quantitative estimate of drug-likeness (QED) is 0.460. The van der Waals surface area contributed by atoms with Crippen molar-refractivity contribution >= 4 is 15.4 Å². The van der Waals surface area contributed by atoms with Crippen molar-refractivity contribution < 1.29 is 9.53 Å². The Bertz CT molecular complexity index is 263. The molecule has 0 amide bonds. The average molecular weight is 172 g/mol. The van der Waals surface area contributed by atoms with Crippen LogP contribution < -0.4 is 0 Å². The van der Waals surface area contributed by atoms with Gasteiger partial charge in [0.05, 0.1) is 7.11 Å². The number of carbonyl (C=O) groups excluding carboxylic acids is 1. The molecule has 11 heavy (non-hydrogen) atoms. The third kappa shape index (κ3) is 1.57. The van der Waals surface area contributed by atoms with Gasteiger partial charge in [-0.3, -0.25) is 4.45 Å². The predicted octanol–water partition coefficient (Wildman–Crippen LogP) is 0.616. The fraction of sp³-hybridized carbons (Fsp3) is 0.333. The van der Waals surface area contributed by atoms with Gasteiger partial charge in [-0.05, 0) is 22.4 Å². The summed E-state index contributed by atoms with van der Waals surface area (Å²) in [6, 6.07) is 1.67. The molecule has 0 saturated heterocycles. The van der Waals surface area contributed by atoms with E-state index in [9.17, 15) is 4.79 Å². The van der Waals surface area contributed by atoms with Crippen LogP contribution in [0.1, 0.15) is 16.2 Å². The molecule has 1 unspecified atom stereocenters. The first kappa shape index (κ1) is 8.21. The van der Waals surface area contributed by atoms with Gasteiger partial charge in [-0.1, -0.05) is 0 Å². The zero-order valence-corrected chi connectivity index (χ0v) is 7.52. The number of aryl methyl sites for hydroxylation is 1. The summed E-state index contributed by atoms with van der Waals surface area (Å²) in [7, 11) is 3.70. The van der Waals surface area contributed by atoms with E-state index < -0.39 is 5.97 Å². The van der Waals surface area contributed by atoms with E-state index in [1.807, 2.05) is 6.92 Å². The van der Waals surface area contributed by atoms with Crippen LogP contribution in [-0.4, -0.2) is 22.6 Å². The van der Waals surface area contributed by atoms with Gasteiger partial charge >= 0.3 is 5.97 Å². The highest BCUT2D eigenvalue weighted by atomic mass is 31.0. The summed E-state index contributed by atoms with van der Waals surface area (Å²) < 4.78 is 6.03. The minimum Gasteiger partial charge on any atom is -0.464 e. The number of hydrogen-bond acceptors (Lipinski definition) is 3. The molecule has 1 atom stereocenters. The van der Waals surface area contributed by atoms with E-state index >= 15 is 0 Å². The SMILES string of the molecule is COC(=O)c1cc(C)n(P)n1. The summed E-state index contributed by atoms with van der Waals surface area (Å²) in [5, 5.41) is 3.89. The lowest BCUT2D eigenvalue weighted by Gasteiger charge is -1.90. The zero-order chi connectivity index (χ0) is 8.43. The minimum atomic E-state index is -0.408. The lowest BCUT2D eigenvalue weighted by atomic mass is 10.4. The van der Waals surface area contributed by atoms with E-state index in [1.54, 1.807) is 10.5 Å². The Balaban J connectivity index is 2.97. The second-order valence-electron chi connectivity index (χ2n) is 2.11. The maximum Gasteiger partial charge on any atom is 0.358 e. The van der Waals surface area contributed by atoms with E-state index in [0.29, 0.717) is 5.69 Å². The molecule has 0 aliphatic rings. The Labute approximate surface area is 66.8 Å². The van der Waals surface area contributed by atoms with Crippen LogP contribution in [0.3, 0.4) is 0 Å². The molecular formula is C6H9N2O2P. The molecule has 1 heterocycles. The molecule has 0 spiro atoms. The summed E-state index contributed by atoms with van der Waals surface area (Å²) >= 11 is 0. The first-order valence-electron chi connectivity index (χ1n) is 3.05. The highest BCUT2D eigenvalue weighted by Gasteiger charge is 2.09. The van der Waals surface area contributed by atoms with Gasteiger partial charge in [0.2, 0.25) is 0 Å². The Kier molecular flexibility index (Phi) is 2.25. The smallest absolute Gasteiger partial charge is 0.358 e. The third-order valence-electron chi connectivity index (χ3n) is 1.32. The molecule has 0 aliphatic heterocycles. The molecular weight excluding hydrogens is 163 g/mol. The number of ether oxygens (including phenoxy) is 1. The number of aromatic nitrogens is 2. The lowest BCUT2D eigenvalue weighted by molar-refractivity contribution is 0.0594. The molecule has 0 N–H and O–H groups in total. The van der Waals surface area contributed by atoms with Crippen LogP contribution >= 0.6 is 9.39 Å². The summed E-state index contributed by atoms with van der Waals surface area (Å²) in [5.41, 5.74) is 1.23. The Hall–Kier alpha value is -0.890. The Morgan fingerprint density at radius 1 is 1.82 bits per heavy atom. The molecule has 0 bridgehead atoms. The highest BCUT2D eigenvalue weighted by Crippen LogP contribution is 2.06. The summed E-state index contributed by atoms with van der Waals surface area (Å²) in [6.45, 7) is 1.85. The van der Waals surface area contributed by atoms with Gasteiger partial charge in [-0.25, -0.2) is 4.79 Å². The van der Waals surface area contributed by atoms with E-state index in [-0.39, 0.29) is 0 Å². The topological polar surface area (TPSA) is 44.1 Å². The van der Waals surface area contributed by atoms with Crippen molar-refractivity contribution in [1.29, 1.82) is 0 Å². The third-order valence-corrected chi connectivity index (χ3v) is 1.84. The summed E-state index contributed by atoms with van der Waals surface area (Å²) in [5.74, 6) is -0.408. The molecule has 0 fully saturated rings. The largest absolute Gasteiger partial charge is 0.464 e. The maximum absolute atomic E-state index is 10.9. The van der Waals surface area contributed by atoms with Crippen LogP contribution in [0.15, 0.2) is 6.07 Å². The molecule has 0 aliphatic carbocycles. The van der Waals surface area contributed by atoms with E-state index in [4.69, 9.17) is 0 Å². The normalized spacial score (nSPS) is 9.73. The van der Waals surface area contributed by atoms with E-state index in [2.05, 4.69) is 19.2 Å². The molecule has 0 saturated carbocycles. The van der Waals surface area contributed by atoms with Crippen LogP contribution in [0.2, 0.25) is 0 Å². The average Bonchev–Trinajstić information content (AvgIpc) is 2.31. The van der Waals surface area contributed by atoms with Crippen molar-refractivity contribution in [1.82, 2.24) is 9.55 Å². The Morgan fingerprint density at radius 3 is 2.82 bits per heavy atom. The van der Waals surface area contributed by atoms with E-state index in [1.165, 1.54) is 7.11 Å². The molecule has 1 aromatic heterocycles. The number of esters is 1. The van der Waals surface area contributed by atoms with Crippen LogP contribution in [-0.2, 0) is 4.74 Å². The van der Waals surface area contributed by atoms with Crippen molar-refractivity contribution in [2.45, 2.75) is 6.92 Å². The standard InChI is InChI=1S/C6H9N2O2P/c1-4-3-5(6(9)10-2)7-8(4)11/h3H,11H2,1-2H3. The molecule has 4 nitrogen and oxygen atoms in total. The second kappa shape index (κ2) is 3.01. The number of methoxy groups -OCH3 is 1. The number of hydrogen-bond donors (Lipinski definition) is 0. The summed E-state index contributed by atoms with van der Waals surface area (Å²) in [4.78, 5) is 10.9. The highest BCUT2D eigenvalue weighted by molar-refractivity contribution is 7.14. The van der Waals surface area contributed by atoms with Crippen LogP contribution in [0, 0.1) is 6.92 Å². The summed E-state index contributed by atoms with van der Waals surface area (Å²) in [6.07, 6.45) is 0. The van der Waals surface area contributed by atoms with Crippen molar-refractivity contribution in [3.63, 3.8) is 0 Å². The van der Waals surface area contributed by atoms with Crippen molar-refractivity contribution in [3.8, 4) is 0 Å². The predicted molar refractivity (Wildman–Crippen MR) is 43.4 cm³/mol. The molecule has 0 aromatic carbocycles. The molecule has 1 aromatic rings. The lowest BCUT2D eigenvalue weighted by Crippen LogP contribution is -2.01. The van der Waals surface area contributed by atoms with Gasteiger partial charge in [-0.2, -0.15) is 5.10 Å². The molecule has 5 heteroatoms. The van der Waals surface area contributed by atoms with Gasteiger partial charge in [0.15, 0.2) is 5.69 Å². The Morgan fingerprint density at radius 2 is 2.45 bits per heavy atom. The second-order valence-corrected chi connectivity index (χ2v) is 2.60. The van der Waals surface area contributed by atoms with Gasteiger partial charge < -0.3 is 4.74 Å². The fourth-order valence-corrected chi connectivity index (χ4v) is 0.891. The maximum atomic E-state index is 10.9. The van der Waals surface area contributed by atoms with Gasteiger partial charge in [0.1, 0.15) is 0 Å². The van der Waals surface area contributed by atoms with Crippen molar-refractivity contribution in [2.75, 3.05) is 7.11 Å². The van der Waals surface area contributed by atoms with E-state index in [0.717, 1.165) is 5.69 Å². The van der Waals surface area contributed by atoms with Crippen LogP contribution in [0.4, 0.5) is 0 Å². The van der Waals surface area contributed by atoms with Crippen LogP contribution in [0.5, 0.6) is 0 Å².